The van der Waals surface area contributed by atoms with Gasteiger partial charge in [-0.05, 0) is 38.5 Å². The average Bonchev–Trinajstić information content (AvgIpc) is 2.49. The summed E-state index contributed by atoms with van der Waals surface area (Å²) >= 11 is 6.18. The first-order valence-electron chi connectivity index (χ1n) is 8.26. The standard InChI is InChI=1S/C18H29ClFN3OS.HI/c1-17(2,3)25(24)10-9-22-16(21-6)23-12-18(4,5)14-8-7-13(20)11-15(14)19;/h7-8,11H,9-10,12H2,1-6H3,(H2,21,22,23);1H. The van der Waals surface area contributed by atoms with Crippen LogP contribution < -0.4 is 10.6 Å². The molecule has 0 aliphatic rings. The van der Waals surface area contributed by atoms with Crippen LogP contribution in [-0.4, -0.2) is 40.8 Å². The van der Waals surface area contributed by atoms with Crippen LogP contribution >= 0.6 is 35.6 Å². The molecule has 150 valence electrons. The van der Waals surface area contributed by atoms with E-state index in [0.29, 0.717) is 29.8 Å². The van der Waals surface area contributed by atoms with Crippen molar-refractivity contribution in [3.63, 3.8) is 0 Å². The molecule has 0 fully saturated rings. The third-order valence-electron chi connectivity index (χ3n) is 3.84. The predicted octanol–water partition coefficient (Wildman–Crippen LogP) is 4.09. The molecule has 1 aromatic rings. The fourth-order valence-electron chi connectivity index (χ4n) is 2.23. The molecule has 0 radical (unpaired) electrons. The van der Waals surface area contributed by atoms with Gasteiger partial charge in [-0.15, -0.1) is 24.0 Å². The van der Waals surface area contributed by atoms with Crippen LogP contribution in [0.4, 0.5) is 4.39 Å². The summed E-state index contributed by atoms with van der Waals surface area (Å²) in [5.74, 6) is 0.844. The average molecular weight is 518 g/mol. The Balaban J connectivity index is 0.00000625. The lowest BCUT2D eigenvalue weighted by molar-refractivity contribution is 0.507. The lowest BCUT2D eigenvalue weighted by atomic mass is 9.84. The number of nitrogens with one attached hydrogen (secondary N) is 2. The van der Waals surface area contributed by atoms with Gasteiger partial charge in [0, 0.05) is 51.9 Å². The van der Waals surface area contributed by atoms with Gasteiger partial charge in [-0.2, -0.15) is 0 Å². The van der Waals surface area contributed by atoms with Crippen LogP contribution in [-0.2, 0) is 16.2 Å². The van der Waals surface area contributed by atoms with Gasteiger partial charge in [0.15, 0.2) is 5.96 Å². The van der Waals surface area contributed by atoms with Crippen molar-refractivity contribution in [1.29, 1.82) is 0 Å². The number of benzene rings is 1. The molecular weight excluding hydrogens is 488 g/mol. The van der Waals surface area contributed by atoms with Crippen molar-refractivity contribution in [1.82, 2.24) is 10.6 Å². The molecule has 1 unspecified atom stereocenters. The second-order valence-electron chi connectivity index (χ2n) is 7.52. The Labute approximate surface area is 181 Å². The molecule has 0 aliphatic carbocycles. The molecule has 8 heteroatoms. The van der Waals surface area contributed by atoms with Crippen molar-refractivity contribution >= 4 is 52.3 Å². The van der Waals surface area contributed by atoms with E-state index in [1.54, 1.807) is 13.1 Å². The topological polar surface area (TPSA) is 53.5 Å². The molecule has 0 saturated heterocycles. The van der Waals surface area contributed by atoms with E-state index in [4.69, 9.17) is 11.6 Å². The molecule has 4 nitrogen and oxygen atoms in total. The fraction of sp³-hybridized carbons (Fsp3) is 0.611. The van der Waals surface area contributed by atoms with Crippen LogP contribution in [0, 0.1) is 5.82 Å². The van der Waals surface area contributed by atoms with Crippen LogP contribution in [0.3, 0.4) is 0 Å². The predicted molar refractivity (Wildman–Crippen MR) is 122 cm³/mol. The Morgan fingerprint density at radius 2 is 1.85 bits per heavy atom. The van der Waals surface area contributed by atoms with E-state index in [2.05, 4.69) is 15.6 Å². The van der Waals surface area contributed by atoms with Crippen molar-refractivity contribution in [3.05, 3.63) is 34.6 Å². The van der Waals surface area contributed by atoms with Crippen molar-refractivity contribution in [2.75, 3.05) is 25.9 Å². The minimum atomic E-state index is -0.910. The highest BCUT2D eigenvalue weighted by Gasteiger charge is 2.24. The summed E-state index contributed by atoms with van der Waals surface area (Å²) in [6.45, 7) is 11.1. The Bertz CT molecular complexity index is 648. The van der Waals surface area contributed by atoms with Crippen molar-refractivity contribution in [3.8, 4) is 0 Å². The number of aliphatic imine (C=N–C) groups is 1. The van der Waals surface area contributed by atoms with Crippen molar-refractivity contribution in [2.45, 2.75) is 44.8 Å². The van der Waals surface area contributed by atoms with E-state index in [0.717, 1.165) is 5.56 Å². The van der Waals surface area contributed by atoms with Crippen LogP contribution in [0.25, 0.3) is 0 Å². The number of nitrogens with zero attached hydrogens (tertiary/aromatic N) is 1. The van der Waals surface area contributed by atoms with Crippen molar-refractivity contribution in [2.24, 2.45) is 4.99 Å². The van der Waals surface area contributed by atoms with Crippen LogP contribution in [0.15, 0.2) is 23.2 Å². The number of hydrogen-bond acceptors (Lipinski definition) is 2. The molecule has 0 aliphatic heterocycles. The maximum atomic E-state index is 13.2. The summed E-state index contributed by atoms with van der Waals surface area (Å²) in [6.07, 6.45) is 0. The zero-order valence-corrected chi connectivity index (χ0v) is 20.2. The van der Waals surface area contributed by atoms with E-state index in [1.165, 1.54) is 12.1 Å². The molecule has 0 amide bonds. The van der Waals surface area contributed by atoms with E-state index in [9.17, 15) is 8.60 Å². The molecule has 1 atom stereocenters. The Morgan fingerprint density at radius 1 is 1.23 bits per heavy atom. The van der Waals surface area contributed by atoms with Gasteiger partial charge in [0.25, 0.3) is 0 Å². The molecule has 1 aromatic carbocycles. The van der Waals surface area contributed by atoms with Crippen molar-refractivity contribution < 1.29 is 8.60 Å². The van der Waals surface area contributed by atoms with E-state index in [1.807, 2.05) is 34.6 Å². The molecule has 26 heavy (non-hydrogen) atoms. The highest BCUT2D eigenvalue weighted by Crippen LogP contribution is 2.29. The molecule has 1 rings (SSSR count). The molecule has 0 aromatic heterocycles. The molecular formula is C18H30ClFIN3OS. The summed E-state index contributed by atoms with van der Waals surface area (Å²) in [4.78, 5) is 4.18. The van der Waals surface area contributed by atoms with Crippen LogP contribution in [0.2, 0.25) is 5.02 Å². The summed E-state index contributed by atoms with van der Waals surface area (Å²) < 4.78 is 25.1. The van der Waals surface area contributed by atoms with Gasteiger partial charge in [0.05, 0.1) is 0 Å². The molecule has 2 N–H and O–H groups in total. The van der Waals surface area contributed by atoms with E-state index >= 15 is 0 Å². The van der Waals surface area contributed by atoms with E-state index < -0.39 is 10.8 Å². The van der Waals surface area contributed by atoms with Gasteiger partial charge >= 0.3 is 0 Å². The Morgan fingerprint density at radius 3 is 2.35 bits per heavy atom. The van der Waals surface area contributed by atoms with Crippen LogP contribution in [0.1, 0.15) is 40.2 Å². The first-order valence-corrected chi connectivity index (χ1v) is 9.95. The lowest BCUT2D eigenvalue weighted by Crippen LogP contribution is -2.45. The van der Waals surface area contributed by atoms with Gasteiger partial charge in [-0.1, -0.05) is 31.5 Å². The molecule has 0 spiro atoms. The number of hydrogen-bond donors (Lipinski definition) is 2. The first-order chi connectivity index (χ1) is 11.5. The smallest absolute Gasteiger partial charge is 0.191 e. The third-order valence-corrected chi connectivity index (χ3v) is 6.10. The highest BCUT2D eigenvalue weighted by atomic mass is 127. The Kier molecular flexibility index (Phi) is 10.6. The monoisotopic (exact) mass is 517 g/mol. The van der Waals surface area contributed by atoms with Gasteiger partial charge in [0.1, 0.15) is 5.82 Å². The largest absolute Gasteiger partial charge is 0.356 e. The maximum absolute atomic E-state index is 13.2. The number of guanidine groups is 1. The second kappa shape index (κ2) is 10.8. The summed E-state index contributed by atoms with van der Waals surface area (Å²) in [5, 5.41) is 6.84. The van der Waals surface area contributed by atoms with Gasteiger partial charge in [-0.3, -0.25) is 9.20 Å². The van der Waals surface area contributed by atoms with Gasteiger partial charge in [0.2, 0.25) is 0 Å². The minimum Gasteiger partial charge on any atom is -0.356 e. The lowest BCUT2D eigenvalue weighted by Gasteiger charge is -2.28. The second-order valence-corrected chi connectivity index (χ2v) is 10.3. The SMILES string of the molecule is CN=C(NCCS(=O)C(C)(C)C)NCC(C)(C)c1ccc(F)cc1Cl.I. The summed E-state index contributed by atoms with van der Waals surface area (Å²) in [5.41, 5.74) is 0.559. The quantitative estimate of drug-likeness (QED) is 0.340. The zero-order valence-electron chi connectivity index (χ0n) is 16.3. The maximum Gasteiger partial charge on any atom is 0.191 e. The summed E-state index contributed by atoms with van der Waals surface area (Å²) in [7, 11) is 0.778. The third kappa shape index (κ3) is 8.08. The number of rotatable bonds is 6. The van der Waals surface area contributed by atoms with Gasteiger partial charge in [-0.25, -0.2) is 4.39 Å². The summed E-state index contributed by atoms with van der Waals surface area (Å²) in [6, 6.07) is 4.45. The van der Waals surface area contributed by atoms with Crippen LogP contribution in [0.5, 0.6) is 0 Å². The van der Waals surface area contributed by atoms with E-state index in [-0.39, 0.29) is 40.0 Å². The normalized spacial score (nSPS) is 13.8. The Hall–Kier alpha value is -0.410. The molecule has 0 heterocycles. The molecule has 0 saturated carbocycles. The molecule has 0 bridgehead atoms. The van der Waals surface area contributed by atoms with Gasteiger partial charge < -0.3 is 10.6 Å². The highest BCUT2D eigenvalue weighted by molar-refractivity contribution is 14.0. The number of halogens is 3. The first kappa shape index (κ1) is 25.6. The fourth-order valence-corrected chi connectivity index (χ4v) is 3.55. The minimum absolute atomic E-state index is 0. The zero-order chi connectivity index (χ0) is 19.3.